The highest BCUT2D eigenvalue weighted by Gasteiger charge is 2.20. The number of fused-ring (bicyclic) bond motifs is 1. The number of hydrogen-bond donors (Lipinski definition) is 0. The SMILES string of the molecule is CCN(Cc1ccc2c(c1)OCO2)C(=O)COc1ccc(OC)cc1[N+](=O)[O-]. The average molecular weight is 388 g/mol. The zero-order valence-electron chi connectivity index (χ0n) is 15.5. The predicted octanol–water partition coefficient (Wildman–Crippen LogP) is 2.76. The second-order valence-electron chi connectivity index (χ2n) is 5.97. The molecule has 0 bridgehead atoms. The smallest absolute Gasteiger partial charge is 0.314 e. The molecule has 0 aliphatic carbocycles. The van der Waals surface area contributed by atoms with Crippen molar-refractivity contribution < 1.29 is 28.7 Å². The minimum atomic E-state index is -0.577. The monoisotopic (exact) mass is 388 g/mol. The van der Waals surface area contributed by atoms with Gasteiger partial charge in [0.25, 0.3) is 5.91 Å². The molecule has 1 aliphatic heterocycles. The van der Waals surface area contributed by atoms with Crippen molar-refractivity contribution in [2.24, 2.45) is 0 Å². The van der Waals surface area contributed by atoms with Gasteiger partial charge in [0.15, 0.2) is 23.9 Å². The molecule has 148 valence electrons. The van der Waals surface area contributed by atoms with Crippen LogP contribution in [-0.4, -0.2) is 42.8 Å². The number of ether oxygens (including phenoxy) is 4. The normalized spacial score (nSPS) is 11.8. The quantitative estimate of drug-likeness (QED) is 0.506. The maximum atomic E-state index is 12.5. The molecule has 1 amide bonds. The Hall–Kier alpha value is -3.49. The first-order valence-corrected chi connectivity index (χ1v) is 8.63. The molecule has 0 spiro atoms. The van der Waals surface area contributed by atoms with E-state index in [1.165, 1.54) is 25.3 Å². The second kappa shape index (κ2) is 8.47. The maximum absolute atomic E-state index is 12.5. The van der Waals surface area contributed by atoms with Gasteiger partial charge in [-0.3, -0.25) is 14.9 Å². The van der Waals surface area contributed by atoms with Crippen LogP contribution in [0.2, 0.25) is 0 Å². The van der Waals surface area contributed by atoms with Crippen molar-refractivity contribution in [1.29, 1.82) is 0 Å². The van der Waals surface area contributed by atoms with E-state index in [0.29, 0.717) is 30.3 Å². The average Bonchev–Trinajstić information content (AvgIpc) is 3.17. The van der Waals surface area contributed by atoms with Crippen LogP contribution in [0.5, 0.6) is 23.0 Å². The summed E-state index contributed by atoms with van der Waals surface area (Å²) in [5, 5.41) is 11.2. The van der Waals surface area contributed by atoms with E-state index in [0.717, 1.165) is 5.56 Å². The lowest BCUT2D eigenvalue weighted by Crippen LogP contribution is -2.34. The largest absolute Gasteiger partial charge is 0.496 e. The fraction of sp³-hybridized carbons (Fsp3) is 0.316. The van der Waals surface area contributed by atoms with Crippen molar-refractivity contribution in [3.05, 3.63) is 52.1 Å². The molecule has 0 unspecified atom stereocenters. The molecule has 0 saturated heterocycles. The number of nitro benzene ring substituents is 1. The van der Waals surface area contributed by atoms with Crippen LogP contribution in [0, 0.1) is 10.1 Å². The molecule has 0 saturated carbocycles. The van der Waals surface area contributed by atoms with Gasteiger partial charge in [-0.1, -0.05) is 6.07 Å². The van der Waals surface area contributed by atoms with Gasteiger partial charge in [0.2, 0.25) is 6.79 Å². The van der Waals surface area contributed by atoms with E-state index in [1.54, 1.807) is 11.0 Å². The van der Waals surface area contributed by atoms with Crippen molar-refractivity contribution in [2.45, 2.75) is 13.5 Å². The fourth-order valence-corrected chi connectivity index (χ4v) is 2.76. The Bertz CT molecular complexity index is 885. The third-order valence-corrected chi connectivity index (χ3v) is 4.26. The Labute approximate surface area is 161 Å². The van der Waals surface area contributed by atoms with Crippen LogP contribution in [0.1, 0.15) is 12.5 Å². The Morgan fingerprint density at radius 2 is 2.00 bits per heavy atom. The molecule has 0 N–H and O–H groups in total. The van der Waals surface area contributed by atoms with Gasteiger partial charge in [0, 0.05) is 13.1 Å². The summed E-state index contributed by atoms with van der Waals surface area (Å²) in [6.45, 7) is 2.54. The molecular formula is C19H20N2O7. The van der Waals surface area contributed by atoms with E-state index in [9.17, 15) is 14.9 Å². The highest BCUT2D eigenvalue weighted by Crippen LogP contribution is 2.33. The first-order chi connectivity index (χ1) is 13.5. The zero-order chi connectivity index (χ0) is 20.1. The number of nitrogens with zero attached hydrogens (tertiary/aromatic N) is 2. The van der Waals surface area contributed by atoms with Crippen molar-refractivity contribution >= 4 is 11.6 Å². The summed E-state index contributed by atoms with van der Waals surface area (Å²) >= 11 is 0. The van der Waals surface area contributed by atoms with E-state index >= 15 is 0 Å². The zero-order valence-corrected chi connectivity index (χ0v) is 15.5. The molecule has 1 aliphatic rings. The first-order valence-electron chi connectivity index (χ1n) is 8.63. The number of amides is 1. The summed E-state index contributed by atoms with van der Waals surface area (Å²) in [4.78, 5) is 24.8. The highest BCUT2D eigenvalue weighted by molar-refractivity contribution is 5.78. The van der Waals surface area contributed by atoms with Gasteiger partial charge >= 0.3 is 5.69 Å². The molecule has 0 aromatic heterocycles. The van der Waals surface area contributed by atoms with E-state index in [2.05, 4.69) is 0 Å². The number of nitro groups is 1. The number of rotatable bonds is 8. The van der Waals surface area contributed by atoms with Crippen LogP contribution in [-0.2, 0) is 11.3 Å². The van der Waals surface area contributed by atoms with Crippen LogP contribution in [0.3, 0.4) is 0 Å². The third-order valence-electron chi connectivity index (χ3n) is 4.26. The predicted molar refractivity (Wildman–Crippen MR) is 98.8 cm³/mol. The molecule has 3 rings (SSSR count). The molecule has 0 radical (unpaired) electrons. The van der Waals surface area contributed by atoms with Crippen LogP contribution in [0.15, 0.2) is 36.4 Å². The third kappa shape index (κ3) is 4.25. The second-order valence-corrected chi connectivity index (χ2v) is 5.97. The summed E-state index contributed by atoms with van der Waals surface area (Å²) in [5.41, 5.74) is 0.626. The highest BCUT2D eigenvalue weighted by atomic mass is 16.7. The molecular weight excluding hydrogens is 368 g/mol. The van der Waals surface area contributed by atoms with Crippen LogP contribution in [0.4, 0.5) is 5.69 Å². The topological polar surface area (TPSA) is 100 Å². The lowest BCUT2D eigenvalue weighted by Gasteiger charge is -2.21. The van der Waals surface area contributed by atoms with Gasteiger partial charge in [-0.25, -0.2) is 0 Å². The van der Waals surface area contributed by atoms with E-state index in [-0.39, 0.29) is 30.7 Å². The lowest BCUT2D eigenvalue weighted by molar-refractivity contribution is -0.385. The number of hydrogen-bond acceptors (Lipinski definition) is 7. The molecule has 28 heavy (non-hydrogen) atoms. The number of carbonyl (C=O) groups is 1. The van der Waals surface area contributed by atoms with Gasteiger partial charge < -0.3 is 23.8 Å². The minimum Gasteiger partial charge on any atom is -0.496 e. The van der Waals surface area contributed by atoms with E-state index in [4.69, 9.17) is 18.9 Å². The van der Waals surface area contributed by atoms with Crippen molar-refractivity contribution in [2.75, 3.05) is 27.1 Å². The summed E-state index contributed by atoms with van der Waals surface area (Å²) in [6, 6.07) is 9.69. The molecule has 9 heteroatoms. The van der Waals surface area contributed by atoms with Crippen LogP contribution >= 0.6 is 0 Å². The summed E-state index contributed by atoms with van der Waals surface area (Å²) in [6.07, 6.45) is 0. The van der Waals surface area contributed by atoms with E-state index < -0.39 is 4.92 Å². The van der Waals surface area contributed by atoms with Gasteiger partial charge in [0.05, 0.1) is 18.1 Å². The Morgan fingerprint density at radius 1 is 1.21 bits per heavy atom. The Balaban J connectivity index is 1.65. The molecule has 2 aromatic carbocycles. The number of methoxy groups -OCH3 is 1. The molecule has 1 heterocycles. The van der Waals surface area contributed by atoms with Crippen LogP contribution < -0.4 is 18.9 Å². The van der Waals surface area contributed by atoms with Crippen molar-refractivity contribution in [1.82, 2.24) is 4.90 Å². The van der Waals surface area contributed by atoms with Gasteiger partial charge in [-0.05, 0) is 36.8 Å². The maximum Gasteiger partial charge on any atom is 0.314 e. The van der Waals surface area contributed by atoms with Gasteiger partial charge in [0.1, 0.15) is 5.75 Å². The fourth-order valence-electron chi connectivity index (χ4n) is 2.76. The minimum absolute atomic E-state index is 0.0123. The van der Waals surface area contributed by atoms with Crippen LogP contribution in [0.25, 0.3) is 0 Å². The summed E-state index contributed by atoms with van der Waals surface area (Å²) in [7, 11) is 1.42. The summed E-state index contributed by atoms with van der Waals surface area (Å²) < 4.78 is 21.0. The number of likely N-dealkylation sites (N-methyl/N-ethyl adjacent to an activating group) is 1. The Morgan fingerprint density at radius 3 is 2.71 bits per heavy atom. The first kappa shape index (κ1) is 19.3. The van der Waals surface area contributed by atoms with Crippen molar-refractivity contribution in [3.8, 4) is 23.0 Å². The standard InChI is InChI=1S/C19H20N2O7/c1-3-20(10-13-4-6-17-18(8-13)28-12-27-17)19(22)11-26-16-7-5-14(25-2)9-15(16)21(23)24/h4-9H,3,10-12H2,1-2H3. The van der Waals surface area contributed by atoms with Gasteiger partial charge in [-0.2, -0.15) is 0 Å². The number of carbonyl (C=O) groups excluding carboxylic acids is 1. The summed E-state index contributed by atoms with van der Waals surface area (Å²) in [5.74, 6) is 1.38. The molecule has 2 aromatic rings. The van der Waals surface area contributed by atoms with Crippen molar-refractivity contribution in [3.63, 3.8) is 0 Å². The Kier molecular flexibility index (Phi) is 5.83. The molecule has 0 atom stereocenters. The lowest BCUT2D eigenvalue weighted by atomic mass is 10.2. The van der Waals surface area contributed by atoms with E-state index in [1.807, 2.05) is 19.1 Å². The molecule has 0 fully saturated rings. The van der Waals surface area contributed by atoms with Gasteiger partial charge in [-0.15, -0.1) is 0 Å². The number of benzene rings is 2. The molecule has 9 nitrogen and oxygen atoms in total.